The fourth-order valence-corrected chi connectivity index (χ4v) is 5.02. The van der Waals surface area contributed by atoms with E-state index in [1.54, 1.807) is 12.3 Å². The maximum Gasteiger partial charge on any atom is 0.233 e. The Balaban J connectivity index is 1.54. The molecule has 0 aliphatic carbocycles. The second kappa shape index (κ2) is 8.80. The molecule has 0 radical (unpaired) electrons. The summed E-state index contributed by atoms with van der Waals surface area (Å²) in [4.78, 5) is 22.4. The van der Waals surface area contributed by atoms with Crippen molar-refractivity contribution in [1.82, 2.24) is 9.88 Å². The lowest BCUT2D eigenvalue weighted by Gasteiger charge is -2.43. The topological polar surface area (TPSA) is 45.7 Å². The lowest BCUT2D eigenvalue weighted by atomic mass is 9.72. The zero-order valence-corrected chi connectivity index (χ0v) is 19.0. The molecule has 2 saturated heterocycles. The molecule has 0 N–H and O–H groups in total. The summed E-state index contributed by atoms with van der Waals surface area (Å²) < 4.78 is 6.53. The largest absolute Gasteiger partial charge is 0.381 e. The smallest absolute Gasteiger partial charge is 0.233 e. The lowest BCUT2D eigenvalue weighted by molar-refractivity contribution is -0.141. The van der Waals surface area contributed by atoms with Gasteiger partial charge in [-0.3, -0.25) is 4.79 Å². The van der Waals surface area contributed by atoms with Crippen molar-refractivity contribution in [1.29, 1.82) is 0 Å². The number of pyridine rings is 1. The van der Waals surface area contributed by atoms with Gasteiger partial charge >= 0.3 is 0 Å². The van der Waals surface area contributed by atoms with Crippen LogP contribution < -0.4 is 4.90 Å². The van der Waals surface area contributed by atoms with Crippen molar-refractivity contribution in [3.05, 3.63) is 56.6 Å². The summed E-state index contributed by atoms with van der Waals surface area (Å²) in [5.74, 6) is 1.07. The van der Waals surface area contributed by atoms with E-state index in [0.29, 0.717) is 49.2 Å². The minimum Gasteiger partial charge on any atom is -0.381 e. The number of nitrogens with zero attached hydrogens (tertiary/aromatic N) is 3. The van der Waals surface area contributed by atoms with Gasteiger partial charge in [0, 0.05) is 60.1 Å². The van der Waals surface area contributed by atoms with Crippen molar-refractivity contribution in [2.24, 2.45) is 0 Å². The number of amides is 1. The molecule has 0 atom stereocenters. The van der Waals surface area contributed by atoms with Crippen molar-refractivity contribution >= 4 is 50.9 Å². The summed E-state index contributed by atoms with van der Waals surface area (Å²) in [5.41, 5.74) is 0.201. The van der Waals surface area contributed by atoms with Crippen LogP contribution >= 0.6 is 39.1 Å². The lowest BCUT2D eigenvalue weighted by Crippen LogP contribution is -2.56. The molecule has 1 amide bonds. The fraction of sp³-hybridized carbons (Fsp3) is 0.429. The Bertz CT molecular complexity index is 880. The molecule has 0 unspecified atom stereocenters. The summed E-state index contributed by atoms with van der Waals surface area (Å²) in [6.45, 7) is 3.92. The molecule has 3 heterocycles. The minimum absolute atomic E-state index is 0.133. The predicted molar refractivity (Wildman–Crippen MR) is 119 cm³/mol. The number of carbonyl (C=O) groups excluding carboxylic acids is 1. The Morgan fingerprint density at radius 3 is 2.41 bits per heavy atom. The van der Waals surface area contributed by atoms with Crippen LogP contribution in [-0.2, 0) is 14.9 Å². The summed E-state index contributed by atoms with van der Waals surface area (Å²) in [5, 5.41) is 1.12. The number of piperazine rings is 1. The molecule has 2 aromatic rings. The van der Waals surface area contributed by atoms with Crippen molar-refractivity contribution in [2.45, 2.75) is 18.3 Å². The highest BCUT2D eigenvalue weighted by Crippen LogP contribution is 2.41. The number of hydrogen-bond donors (Lipinski definition) is 0. The minimum atomic E-state index is -0.655. The van der Waals surface area contributed by atoms with Crippen molar-refractivity contribution in [3.8, 4) is 0 Å². The van der Waals surface area contributed by atoms with Gasteiger partial charge in [0.2, 0.25) is 5.91 Å². The number of carbonyl (C=O) groups is 1. The van der Waals surface area contributed by atoms with Gasteiger partial charge in [-0.05, 0) is 58.6 Å². The first-order valence-electron chi connectivity index (χ1n) is 9.69. The van der Waals surface area contributed by atoms with E-state index >= 15 is 0 Å². The second-order valence-electron chi connectivity index (χ2n) is 7.43. The monoisotopic (exact) mass is 497 g/mol. The maximum absolute atomic E-state index is 13.7. The molecule has 0 spiro atoms. The SMILES string of the molecule is O=C(N1CCN(c2ccc(Br)cn2)CC1)C1(c2ccc(Cl)cc2Cl)CCOCC1. The van der Waals surface area contributed by atoms with Crippen LogP contribution in [0.4, 0.5) is 5.82 Å². The molecule has 29 heavy (non-hydrogen) atoms. The van der Waals surface area contributed by atoms with Crippen LogP contribution in [0, 0.1) is 0 Å². The summed E-state index contributed by atoms with van der Waals surface area (Å²) in [6.07, 6.45) is 3.05. The van der Waals surface area contributed by atoms with E-state index in [4.69, 9.17) is 27.9 Å². The predicted octanol–water partition coefficient (Wildman–Crippen LogP) is 4.55. The van der Waals surface area contributed by atoms with E-state index in [1.165, 1.54) is 0 Å². The standard InChI is InChI=1S/C21H22BrCl2N3O2/c22-15-1-4-19(25-14-15)26-7-9-27(10-8-26)20(28)21(5-11-29-12-6-21)17-3-2-16(23)13-18(17)24/h1-4,13-14H,5-12H2. The number of halogens is 3. The first-order chi connectivity index (χ1) is 14.0. The van der Waals surface area contributed by atoms with Crippen LogP contribution in [0.25, 0.3) is 0 Å². The zero-order valence-electron chi connectivity index (χ0n) is 15.9. The average Bonchev–Trinajstić information content (AvgIpc) is 2.74. The van der Waals surface area contributed by atoms with E-state index in [1.807, 2.05) is 29.2 Å². The molecule has 2 aliphatic heterocycles. The number of rotatable bonds is 3. The van der Waals surface area contributed by atoms with Gasteiger partial charge in [-0.25, -0.2) is 4.98 Å². The maximum atomic E-state index is 13.7. The highest BCUT2D eigenvalue weighted by atomic mass is 79.9. The third-order valence-corrected chi connectivity index (χ3v) is 6.82. The number of ether oxygens (including phenoxy) is 1. The Morgan fingerprint density at radius 2 is 1.79 bits per heavy atom. The quantitative estimate of drug-likeness (QED) is 0.622. The molecule has 4 rings (SSSR count). The van der Waals surface area contributed by atoms with Gasteiger partial charge in [-0.2, -0.15) is 0 Å². The third-order valence-electron chi connectivity index (χ3n) is 5.81. The average molecular weight is 499 g/mol. The van der Waals surface area contributed by atoms with Crippen LogP contribution in [0.15, 0.2) is 41.0 Å². The molecule has 1 aromatic heterocycles. The van der Waals surface area contributed by atoms with Gasteiger partial charge in [0.1, 0.15) is 5.82 Å². The van der Waals surface area contributed by atoms with Crippen molar-refractivity contribution in [2.75, 3.05) is 44.3 Å². The Kier molecular flexibility index (Phi) is 6.35. The van der Waals surface area contributed by atoms with E-state index < -0.39 is 5.41 Å². The van der Waals surface area contributed by atoms with Crippen LogP contribution in [0.1, 0.15) is 18.4 Å². The van der Waals surface area contributed by atoms with Gasteiger partial charge < -0.3 is 14.5 Å². The normalized spacial score (nSPS) is 19.3. The first-order valence-corrected chi connectivity index (χ1v) is 11.2. The zero-order chi connectivity index (χ0) is 20.4. The molecule has 0 bridgehead atoms. The fourth-order valence-electron chi connectivity index (χ4n) is 4.19. The third kappa shape index (κ3) is 4.26. The summed E-state index contributed by atoms with van der Waals surface area (Å²) in [6, 6.07) is 9.41. The van der Waals surface area contributed by atoms with Gasteiger partial charge in [-0.1, -0.05) is 29.3 Å². The Hall–Kier alpha value is -1.34. The number of aromatic nitrogens is 1. The van der Waals surface area contributed by atoms with Crippen molar-refractivity contribution in [3.63, 3.8) is 0 Å². The molecule has 1 aromatic carbocycles. The molecule has 0 saturated carbocycles. The van der Waals surface area contributed by atoms with Crippen LogP contribution in [0.3, 0.4) is 0 Å². The Labute approximate surface area is 189 Å². The molecule has 2 aliphatic rings. The number of hydrogen-bond acceptors (Lipinski definition) is 4. The molecular formula is C21H22BrCl2N3O2. The van der Waals surface area contributed by atoms with Gasteiger partial charge in [-0.15, -0.1) is 0 Å². The van der Waals surface area contributed by atoms with E-state index in [2.05, 4.69) is 25.8 Å². The first kappa shape index (κ1) is 20.9. The molecule has 154 valence electrons. The van der Waals surface area contributed by atoms with E-state index in [0.717, 1.165) is 28.9 Å². The van der Waals surface area contributed by atoms with Gasteiger partial charge in [0.25, 0.3) is 0 Å². The highest BCUT2D eigenvalue weighted by Gasteiger charge is 2.45. The van der Waals surface area contributed by atoms with Crippen molar-refractivity contribution < 1.29 is 9.53 Å². The van der Waals surface area contributed by atoms with Crippen LogP contribution in [0.5, 0.6) is 0 Å². The number of anilines is 1. The molecule has 5 nitrogen and oxygen atoms in total. The molecule has 2 fully saturated rings. The van der Waals surface area contributed by atoms with E-state index in [9.17, 15) is 4.79 Å². The van der Waals surface area contributed by atoms with Gasteiger partial charge in [0.05, 0.1) is 5.41 Å². The summed E-state index contributed by atoms with van der Waals surface area (Å²) in [7, 11) is 0. The van der Waals surface area contributed by atoms with Gasteiger partial charge in [0.15, 0.2) is 0 Å². The Morgan fingerprint density at radius 1 is 1.07 bits per heavy atom. The summed E-state index contributed by atoms with van der Waals surface area (Å²) >= 11 is 16.0. The molecule has 8 heteroatoms. The van der Waals surface area contributed by atoms with E-state index in [-0.39, 0.29) is 5.91 Å². The van der Waals surface area contributed by atoms with Crippen LogP contribution in [0.2, 0.25) is 10.0 Å². The number of benzene rings is 1. The van der Waals surface area contributed by atoms with Crippen LogP contribution in [-0.4, -0.2) is 55.2 Å². The highest BCUT2D eigenvalue weighted by molar-refractivity contribution is 9.10. The molecular weight excluding hydrogens is 477 g/mol. The second-order valence-corrected chi connectivity index (χ2v) is 9.19.